The van der Waals surface area contributed by atoms with E-state index in [9.17, 15) is 0 Å². The van der Waals surface area contributed by atoms with Crippen molar-refractivity contribution in [2.24, 2.45) is 5.73 Å². The first kappa shape index (κ1) is 10.2. The molecule has 0 aliphatic carbocycles. The monoisotopic (exact) mass is 231 g/mol. The van der Waals surface area contributed by atoms with Gasteiger partial charge in [0.1, 0.15) is 5.82 Å². The molecule has 0 fully saturated rings. The third-order valence-corrected chi connectivity index (χ3v) is 2.71. The molecule has 0 saturated heterocycles. The highest BCUT2D eigenvalue weighted by atomic mass is 16.7. The molecule has 3 N–H and O–H groups in total. The third kappa shape index (κ3) is 1.97. The number of aromatic amines is 1. The van der Waals surface area contributed by atoms with Crippen LogP contribution >= 0.6 is 0 Å². The Hall–Kier alpha value is -2.01. The first-order chi connectivity index (χ1) is 8.35. The van der Waals surface area contributed by atoms with Gasteiger partial charge in [-0.3, -0.25) is 0 Å². The molecule has 0 radical (unpaired) electrons. The summed E-state index contributed by atoms with van der Waals surface area (Å²) in [6, 6.07) is 5.91. The average Bonchev–Trinajstić information content (AvgIpc) is 2.96. The normalized spacial score (nSPS) is 13.0. The highest BCUT2D eigenvalue weighted by Gasteiger charge is 2.13. The minimum absolute atomic E-state index is 0.302. The molecule has 88 valence electrons. The van der Waals surface area contributed by atoms with Gasteiger partial charge in [0.2, 0.25) is 6.79 Å². The number of fused-ring (bicyclic) bond motifs is 1. The largest absolute Gasteiger partial charge is 0.454 e. The van der Waals surface area contributed by atoms with E-state index in [0.29, 0.717) is 13.3 Å². The van der Waals surface area contributed by atoms with E-state index in [0.717, 1.165) is 35.0 Å². The van der Waals surface area contributed by atoms with Crippen molar-refractivity contribution in [3.8, 4) is 11.5 Å². The predicted octanol–water partition coefficient (Wildman–Crippen LogP) is 1.19. The third-order valence-electron chi connectivity index (χ3n) is 2.71. The lowest BCUT2D eigenvalue weighted by atomic mass is 10.1. The van der Waals surface area contributed by atoms with Gasteiger partial charge in [0.15, 0.2) is 11.5 Å². The van der Waals surface area contributed by atoms with Gasteiger partial charge in [-0.25, -0.2) is 4.98 Å². The number of imidazole rings is 1. The van der Waals surface area contributed by atoms with Crippen LogP contribution < -0.4 is 15.2 Å². The Morgan fingerprint density at radius 3 is 3.00 bits per heavy atom. The molecule has 1 aliphatic rings. The summed E-state index contributed by atoms with van der Waals surface area (Å²) in [4.78, 5) is 7.44. The maximum Gasteiger partial charge on any atom is 0.231 e. The molecule has 0 spiro atoms. The van der Waals surface area contributed by atoms with Gasteiger partial charge in [-0.2, -0.15) is 0 Å². The van der Waals surface area contributed by atoms with Gasteiger partial charge in [-0.1, -0.05) is 6.07 Å². The van der Waals surface area contributed by atoms with Gasteiger partial charge in [-0.05, 0) is 17.7 Å². The summed E-state index contributed by atoms with van der Waals surface area (Å²) in [6.45, 7) is 0.783. The van der Waals surface area contributed by atoms with Crippen LogP contribution in [0.3, 0.4) is 0 Å². The lowest BCUT2D eigenvalue weighted by Crippen LogP contribution is -1.97. The minimum Gasteiger partial charge on any atom is -0.454 e. The van der Waals surface area contributed by atoms with E-state index < -0.39 is 0 Å². The van der Waals surface area contributed by atoms with Crippen LogP contribution in [-0.2, 0) is 13.0 Å². The van der Waals surface area contributed by atoms with Crippen molar-refractivity contribution in [2.45, 2.75) is 13.0 Å². The molecule has 0 unspecified atom stereocenters. The van der Waals surface area contributed by atoms with Crippen molar-refractivity contribution in [3.63, 3.8) is 0 Å². The first-order valence-corrected chi connectivity index (χ1v) is 5.46. The second kappa shape index (κ2) is 4.10. The fourth-order valence-electron chi connectivity index (χ4n) is 1.84. The molecule has 1 aromatic heterocycles. The van der Waals surface area contributed by atoms with Crippen LogP contribution in [0.4, 0.5) is 0 Å². The summed E-state index contributed by atoms with van der Waals surface area (Å²) in [6.07, 6.45) is 2.50. The Kier molecular flexibility index (Phi) is 2.45. The number of nitrogens with two attached hydrogens (primary N) is 1. The summed E-state index contributed by atoms with van der Waals surface area (Å²) in [5.41, 5.74) is 7.60. The van der Waals surface area contributed by atoms with Gasteiger partial charge in [-0.15, -0.1) is 0 Å². The van der Waals surface area contributed by atoms with Crippen LogP contribution in [0.1, 0.15) is 17.1 Å². The van der Waals surface area contributed by atoms with Crippen molar-refractivity contribution >= 4 is 0 Å². The molecule has 0 atom stereocenters. The maximum atomic E-state index is 5.52. The second-order valence-corrected chi connectivity index (χ2v) is 3.92. The predicted molar refractivity (Wildman–Crippen MR) is 61.9 cm³/mol. The molecule has 0 saturated carbocycles. The zero-order chi connectivity index (χ0) is 11.7. The maximum absolute atomic E-state index is 5.52. The number of H-pyrrole nitrogens is 1. The lowest BCUT2D eigenvalue weighted by molar-refractivity contribution is 0.174. The molecular weight excluding hydrogens is 218 g/mol. The van der Waals surface area contributed by atoms with E-state index >= 15 is 0 Å². The van der Waals surface area contributed by atoms with E-state index in [2.05, 4.69) is 9.97 Å². The fraction of sp³-hybridized carbons (Fsp3) is 0.250. The van der Waals surface area contributed by atoms with E-state index in [-0.39, 0.29) is 0 Å². The van der Waals surface area contributed by atoms with Gasteiger partial charge in [0.25, 0.3) is 0 Å². The Bertz CT molecular complexity index is 536. The highest BCUT2D eigenvalue weighted by molar-refractivity contribution is 5.45. The molecule has 0 amide bonds. The Balaban J connectivity index is 1.80. The summed E-state index contributed by atoms with van der Waals surface area (Å²) in [5.74, 6) is 2.51. The molecule has 2 aromatic rings. The summed E-state index contributed by atoms with van der Waals surface area (Å²) in [5, 5.41) is 0. The molecule has 17 heavy (non-hydrogen) atoms. The van der Waals surface area contributed by atoms with E-state index in [1.165, 1.54) is 0 Å². The number of nitrogens with zero attached hydrogens (tertiary/aromatic N) is 1. The van der Waals surface area contributed by atoms with E-state index in [1.807, 2.05) is 18.2 Å². The number of ether oxygens (including phenoxy) is 2. The minimum atomic E-state index is 0.302. The van der Waals surface area contributed by atoms with Crippen molar-refractivity contribution < 1.29 is 9.47 Å². The summed E-state index contributed by atoms with van der Waals surface area (Å²) in [7, 11) is 0. The quantitative estimate of drug-likeness (QED) is 0.832. The summed E-state index contributed by atoms with van der Waals surface area (Å²) >= 11 is 0. The van der Waals surface area contributed by atoms with Gasteiger partial charge in [0.05, 0.1) is 0 Å². The van der Waals surface area contributed by atoms with E-state index in [4.69, 9.17) is 15.2 Å². The van der Waals surface area contributed by atoms with Gasteiger partial charge >= 0.3 is 0 Å². The van der Waals surface area contributed by atoms with Crippen molar-refractivity contribution in [2.75, 3.05) is 6.79 Å². The molecule has 1 aliphatic heterocycles. The van der Waals surface area contributed by atoms with E-state index in [1.54, 1.807) is 6.20 Å². The van der Waals surface area contributed by atoms with Crippen LogP contribution in [0, 0.1) is 0 Å². The van der Waals surface area contributed by atoms with Gasteiger partial charge in [0, 0.05) is 24.9 Å². The van der Waals surface area contributed by atoms with Crippen LogP contribution in [0.25, 0.3) is 0 Å². The van der Waals surface area contributed by atoms with Crippen LogP contribution in [-0.4, -0.2) is 16.8 Å². The number of nitrogens with one attached hydrogen (secondary N) is 1. The Morgan fingerprint density at radius 1 is 1.29 bits per heavy atom. The van der Waals surface area contributed by atoms with Crippen LogP contribution in [0.15, 0.2) is 24.4 Å². The second-order valence-electron chi connectivity index (χ2n) is 3.92. The van der Waals surface area contributed by atoms with Crippen molar-refractivity contribution in [1.82, 2.24) is 9.97 Å². The fourth-order valence-corrected chi connectivity index (χ4v) is 1.84. The Morgan fingerprint density at radius 2 is 2.18 bits per heavy atom. The number of hydrogen-bond donors (Lipinski definition) is 2. The smallest absolute Gasteiger partial charge is 0.231 e. The standard InChI is InChI=1S/C12H13N3O2/c13-5-9-6-14-12(15-9)4-8-1-2-10-11(3-8)17-7-16-10/h1-3,6H,4-5,7,13H2,(H,14,15). The molecule has 2 heterocycles. The lowest BCUT2D eigenvalue weighted by Gasteiger charge is -2.00. The van der Waals surface area contributed by atoms with Crippen LogP contribution in [0.5, 0.6) is 11.5 Å². The zero-order valence-corrected chi connectivity index (χ0v) is 9.27. The van der Waals surface area contributed by atoms with Crippen molar-refractivity contribution in [1.29, 1.82) is 0 Å². The topological polar surface area (TPSA) is 73.2 Å². The molecule has 0 bridgehead atoms. The molecule has 5 nitrogen and oxygen atoms in total. The zero-order valence-electron chi connectivity index (χ0n) is 9.27. The SMILES string of the molecule is NCc1cnc(Cc2ccc3c(c2)OCO3)[nH]1. The number of rotatable bonds is 3. The molecular formula is C12H13N3O2. The number of benzene rings is 1. The number of aromatic nitrogens is 2. The molecule has 5 heteroatoms. The number of hydrogen-bond acceptors (Lipinski definition) is 4. The molecule has 3 rings (SSSR count). The van der Waals surface area contributed by atoms with Crippen molar-refractivity contribution in [3.05, 3.63) is 41.5 Å². The highest BCUT2D eigenvalue weighted by Crippen LogP contribution is 2.32. The van der Waals surface area contributed by atoms with Gasteiger partial charge < -0.3 is 20.2 Å². The molecule has 1 aromatic carbocycles. The van der Waals surface area contributed by atoms with Crippen LogP contribution in [0.2, 0.25) is 0 Å². The first-order valence-electron chi connectivity index (χ1n) is 5.46. The average molecular weight is 231 g/mol. The summed E-state index contributed by atoms with van der Waals surface area (Å²) < 4.78 is 10.6. The Labute approximate surface area is 98.6 Å².